The molecule has 1 saturated heterocycles. The highest BCUT2D eigenvalue weighted by Crippen LogP contribution is 2.35. The summed E-state index contributed by atoms with van der Waals surface area (Å²) in [6, 6.07) is 11.1. The number of morpholine rings is 1. The SMILES string of the molecule is O=[N+]([O-])c1ccc(Nc2ccc3nc(N4CCOCC4)sc3c2)c2ccncc12. The number of pyridine rings is 1. The van der Waals surface area contributed by atoms with Crippen molar-refractivity contribution in [3.8, 4) is 0 Å². The van der Waals surface area contributed by atoms with Gasteiger partial charge < -0.3 is 15.0 Å². The number of nitro groups is 1. The van der Waals surface area contributed by atoms with Crippen molar-refractivity contribution in [3.63, 3.8) is 0 Å². The number of thiazole rings is 1. The number of rotatable bonds is 4. The lowest BCUT2D eigenvalue weighted by Crippen LogP contribution is -2.36. The van der Waals surface area contributed by atoms with Gasteiger partial charge in [-0.2, -0.15) is 0 Å². The molecule has 0 radical (unpaired) electrons. The third kappa shape index (κ3) is 3.34. The third-order valence-corrected chi connectivity index (χ3v) is 6.01. The fourth-order valence-corrected chi connectivity index (χ4v) is 4.54. The number of nitro benzene ring substituents is 1. The van der Waals surface area contributed by atoms with Gasteiger partial charge in [0.05, 0.1) is 33.7 Å². The molecule has 1 fully saturated rings. The zero-order chi connectivity index (χ0) is 19.8. The summed E-state index contributed by atoms with van der Waals surface area (Å²) < 4.78 is 6.51. The zero-order valence-electron chi connectivity index (χ0n) is 15.4. The summed E-state index contributed by atoms with van der Waals surface area (Å²) in [4.78, 5) is 22.0. The second kappa shape index (κ2) is 7.26. The summed E-state index contributed by atoms with van der Waals surface area (Å²) in [7, 11) is 0. The van der Waals surface area contributed by atoms with Crippen LogP contribution >= 0.6 is 11.3 Å². The first-order valence-corrected chi connectivity index (χ1v) is 10.0. The quantitative estimate of drug-likeness (QED) is 0.397. The number of aromatic nitrogens is 2. The van der Waals surface area contributed by atoms with Crippen molar-refractivity contribution < 1.29 is 9.66 Å². The minimum Gasteiger partial charge on any atom is -0.378 e. The van der Waals surface area contributed by atoms with Crippen LogP contribution in [-0.4, -0.2) is 41.2 Å². The molecule has 1 aliphatic heterocycles. The first-order valence-electron chi connectivity index (χ1n) is 9.20. The second-order valence-electron chi connectivity index (χ2n) is 6.71. The first kappa shape index (κ1) is 17.8. The smallest absolute Gasteiger partial charge is 0.278 e. The predicted molar refractivity (Wildman–Crippen MR) is 114 cm³/mol. The highest BCUT2D eigenvalue weighted by Gasteiger charge is 2.17. The van der Waals surface area contributed by atoms with Crippen molar-refractivity contribution in [1.29, 1.82) is 0 Å². The van der Waals surface area contributed by atoms with E-state index in [9.17, 15) is 10.1 Å². The number of anilines is 3. The molecule has 3 heterocycles. The van der Waals surface area contributed by atoms with Crippen molar-refractivity contribution in [2.75, 3.05) is 36.5 Å². The van der Waals surface area contributed by atoms with Crippen LogP contribution in [0.25, 0.3) is 21.0 Å². The van der Waals surface area contributed by atoms with E-state index in [1.54, 1.807) is 29.7 Å². The first-order chi connectivity index (χ1) is 14.2. The average molecular weight is 407 g/mol. The van der Waals surface area contributed by atoms with Crippen LogP contribution in [0, 0.1) is 10.1 Å². The van der Waals surface area contributed by atoms with Crippen LogP contribution in [0.2, 0.25) is 0 Å². The van der Waals surface area contributed by atoms with Gasteiger partial charge in [-0.3, -0.25) is 15.1 Å². The van der Waals surface area contributed by atoms with Crippen LogP contribution in [0.5, 0.6) is 0 Å². The molecule has 0 amide bonds. The van der Waals surface area contributed by atoms with Crippen molar-refractivity contribution in [2.45, 2.75) is 0 Å². The molecule has 0 spiro atoms. The Morgan fingerprint density at radius 3 is 2.83 bits per heavy atom. The summed E-state index contributed by atoms with van der Waals surface area (Å²) >= 11 is 1.66. The Bertz CT molecular complexity index is 1220. The van der Waals surface area contributed by atoms with Gasteiger partial charge in [0.1, 0.15) is 0 Å². The Kier molecular flexibility index (Phi) is 4.45. The molecule has 2 aromatic carbocycles. The predicted octanol–water partition coefficient (Wildman–Crippen LogP) is 4.33. The van der Waals surface area contributed by atoms with Gasteiger partial charge in [0.15, 0.2) is 5.13 Å². The van der Waals surface area contributed by atoms with Crippen molar-refractivity contribution in [3.05, 3.63) is 58.9 Å². The van der Waals surface area contributed by atoms with Crippen molar-refractivity contribution in [1.82, 2.24) is 9.97 Å². The fraction of sp³-hybridized carbons (Fsp3) is 0.200. The van der Waals surface area contributed by atoms with Crippen molar-refractivity contribution in [2.24, 2.45) is 0 Å². The molecule has 5 rings (SSSR count). The van der Waals surface area contributed by atoms with Crippen molar-refractivity contribution >= 4 is 54.5 Å². The number of fused-ring (bicyclic) bond motifs is 2. The molecule has 0 atom stereocenters. The molecule has 9 heteroatoms. The van der Waals surface area contributed by atoms with Gasteiger partial charge in [0, 0.05) is 48.3 Å². The standard InChI is InChI=1S/C20H17N5O3S/c26-25(27)18-4-3-16(14-5-6-21-12-15(14)18)22-13-1-2-17-19(11-13)29-20(23-17)24-7-9-28-10-8-24/h1-6,11-12,22H,7-10H2. The zero-order valence-corrected chi connectivity index (χ0v) is 16.2. The van der Waals surface area contributed by atoms with Crippen LogP contribution in [-0.2, 0) is 4.74 Å². The van der Waals surface area contributed by atoms with E-state index in [-0.39, 0.29) is 10.6 Å². The highest BCUT2D eigenvalue weighted by atomic mass is 32.1. The van der Waals surface area contributed by atoms with E-state index in [0.29, 0.717) is 5.39 Å². The molecule has 0 aliphatic carbocycles. The topological polar surface area (TPSA) is 93.4 Å². The molecule has 1 aliphatic rings. The number of hydrogen-bond acceptors (Lipinski definition) is 8. The van der Waals surface area contributed by atoms with E-state index in [1.165, 1.54) is 12.3 Å². The molecule has 1 N–H and O–H groups in total. The number of hydrogen-bond donors (Lipinski definition) is 1. The van der Waals surface area contributed by atoms with Gasteiger partial charge >= 0.3 is 0 Å². The Balaban J connectivity index is 1.49. The maximum absolute atomic E-state index is 11.3. The van der Waals surface area contributed by atoms with E-state index in [4.69, 9.17) is 9.72 Å². The summed E-state index contributed by atoms with van der Waals surface area (Å²) in [5.41, 5.74) is 2.71. The molecule has 8 nitrogen and oxygen atoms in total. The Morgan fingerprint density at radius 2 is 2.00 bits per heavy atom. The molecule has 146 valence electrons. The summed E-state index contributed by atoms with van der Waals surface area (Å²) in [5.74, 6) is 0. The van der Waals surface area contributed by atoms with Gasteiger partial charge in [-0.15, -0.1) is 0 Å². The number of nitrogens with one attached hydrogen (secondary N) is 1. The minimum atomic E-state index is -0.385. The lowest BCUT2D eigenvalue weighted by atomic mass is 10.1. The van der Waals surface area contributed by atoms with Gasteiger partial charge in [0.2, 0.25) is 0 Å². The van der Waals surface area contributed by atoms with E-state index in [0.717, 1.165) is 58.4 Å². The molecule has 0 unspecified atom stereocenters. The fourth-order valence-electron chi connectivity index (χ4n) is 3.48. The number of nitrogens with zero attached hydrogens (tertiary/aromatic N) is 4. The normalized spacial score (nSPS) is 14.4. The third-order valence-electron chi connectivity index (χ3n) is 4.93. The number of benzene rings is 2. The largest absolute Gasteiger partial charge is 0.378 e. The lowest BCUT2D eigenvalue weighted by molar-refractivity contribution is -0.383. The Hall–Kier alpha value is -3.30. The van der Waals surface area contributed by atoms with Crippen LogP contribution in [0.4, 0.5) is 22.2 Å². The maximum Gasteiger partial charge on any atom is 0.278 e. The minimum absolute atomic E-state index is 0.0479. The molecule has 29 heavy (non-hydrogen) atoms. The monoisotopic (exact) mass is 407 g/mol. The van der Waals surface area contributed by atoms with Crippen LogP contribution < -0.4 is 10.2 Å². The Morgan fingerprint density at radius 1 is 1.14 bits per heavy atom. The van der Waals surface area contributed by atoms with Gasteiger partial charge in [-0.25, -0.2) is 4.98 Å². The molecule has 4 aromatic rings. The second-order valence-corrected chi connectivity index (χ2v) is 7.72. The molecule has 0 saturated carbocycles. The van der Waals surface area contributed by atoms with Crippen LogP contribution in [0.3, 0.4) is 0 Å². The summed E-state index contributed by atoms with van der Waals surface area (Å²) in [6.45, 7) is 3.16. The van der Waals surface area contributed by atoms with E-state index < -0.39 is 0 Å². The summed E-state index contributed by atoms with van der Waals surface area (Å²) in [5, 5.41) is 17.0. The molecular formula is C20H17N5O3S. The van der Waals surface area contributed by atoms with E-state index in [2.05, 4.69) is 21.3 Å². The molecular weight excluding hydrogens is 390 g/mol. The number of non-ortho nitro benzene ring substituents is 1. The maximum atomic E-state index is 11.3. The lowest BCUT2D eigenvalue weighted by Gasteiger charge is -2.25. The van der Waals surface area contributed by atoms with Crippen LogP contribution in [0.1, 0.15) is 0 Å². The van der Waals surface area contributed by atoms with E-state index >= 15 is 0 Å². The number of ether oxygens (including phenoxy) is 1. The van der Waals surface area contributed by atoms with E-state index in [1.807, 2.05) is 12.1 Å². The highest BCUT2D eigenvalue weighted by molar-refractivity contribution is 7.22. The average Bonchev–Trinajstić information content (AvgIpc) is 3.18. The molecule has 2 aromatic heterocycles. The van der Waals surface area contributed by atoms with Gasteiger partial charge in [-0.05, 0) is 30.3 Å². The van der Waals surface area contributed by atoms with Gasteiger partial charge in [-0.1, -0.05) is 11.3 Å². The van der Waals surface area contributed by atoms with Crippen LogP contribution in [0.15, 0.2) is 48.8 Å². The molecule has 0 bridgehead atoms. The van der Waals surface area contributed by atoms with Gasteiger partial charge in [0.25, 0.3) is 5.69 Å². The summed E-state index contributed by atoms with van der Waals surface area (Å²) in [6.07, 6.45) is 3.16. The Labute approximate surface area is 169 Å².